The van der Waals surface area contributed by atoms with Crippen LogP contribution in [-0.2, 0) is 6.54 Å². The van der Waals surface area contributed by atoms with Crippen LogP contribution in [0.2, 0.25) is 0 Å². The zero-order valence-corrected chi connectivity index (χ0v) is 10.9. The van der Waals surface area contributed by atoms with E-state index in [-0.39, 0.29) is 5.56 Å². The molecule has 0 amide bonds. The third-order valence-corrected chi connectivity index (χ3v) is 3.08. The minimum absolute atomic E-state index is 0.167. The summed E-state index contributed by atoms with van der Waals surface area (Å²) in [6.07, 6.45) is 3.18. The summed E-state index contributed by atoms with van der Waals surface area (Å²) in [5.74, 6) is 0.362. The number of hydrogen-bond donors (Lipinski definition) is 3. The highest BCUT2D eigenvalue weighted by Gasteiger charge is 2.11. The molecule has 2 aromatic heterocycles. The Labute approximate surface area is 119 Å². The maximum Gasteiger partial charge on any atom is 0.707 e. The molecule has 0 fully saturated rings. The number of benzene rings is 1. The van der Waals surface area contributed by atoms with E-state index in [1.807, 2.05) is 4.57 Å². The first-order chi connectivity index (χ1) is 10.1. The number of nitrogens with one attached hydrogen (secondary N) is 1. The molecule has 0 aliphatic rings. The standard InChI is InChI=1S/C13H12BN3O4/c18-13-11-5-6-17(12(11)15-8-16-13)7-9-1-3-10(4-2-9)21-14(19)20/h1-6,8,19-20H,7H2,(H,15,16,18). The summed E-state index contributed by atoms with van der Waals surface area (Å²) in [5, 5.41) is 18.0. The van der Waals surface area contributed by atoms with E-state index in [4.69, 9.17) is 14.7 Å². The lowest BCUT2D eigenvalue weighted by Gasteiger charge is -2.07. The molecule has 0 radical (unpaired) electrons. The third kappa shape index (κ3) is 2.81. The normalized spacial score (nSPS) is 10.8. The lowest BCUT2D eigenvalue weighted by molar-refractivity contribution is 0.288. The molecule has 3 N–H and O–H groups in total. The van der Waals surface area contributed by atoms with Crippen molar-refractivity contribution in [2.24, 2.45) is 0 Å². The Bertz CT molecular complexity index is 810. The van der Waals surface area contributed by atoms with E-state index < -0.39 is 7.32 Å². The van der Waals surface area contributed by atoms with E-state index in [2.05, 4.69) is 9.97 Å². The van der Waals surface area contributed by atoms with Crippen LogP contribution in [-0.4, -0.2) is 31.9 Å². The van der Waals surface area contributed by atoms with Gasteiger partial charge in [-0.25, -0.2) is 4.98 Å². The van der Waals surface area contributed by atoms with Crippen molar-refractivity contribution in [2.45, 2.75) is 6.54 Å². The molecule has 106 valence electrons. The average Bonchev–Trinajstić information content (AvgIpc) is 2.85. The molecule has 2 heterocycles. The van der Waals surface area contributed by atoms with Crippen LogP contribution in [0.1, 0.15) is 5.56 Å². The molecular weight excluding hydrogens is 273 g/mol. The molecule has 0 saturated carbocycles. The Kier molecular flexibility index (Phi) is 3.47. The number of aromatic amines is 1. The second-order valence-corrected chi connectivity index (χ2v) is 4.50. The van der Waals surface area contributed by atoms with Gasteiger partial charge in [-0.2, -0.15) is 0 Å². The first-order valence-corrected chi connectivity index (χ1v) is 6.28. The minimum Gasteiger partial charge on any atom is -0.512 e. The Hall–Kier alpha value is -2.58. The molecule has 0 saturated heterocycles. The summed E-state index contributed by atoms with van der Waals surface area (Å²) < 4.78 is 6.60. The van der Waals surface area contributed by atoms with Crippen LogP contribution < -0.4 is 10.2 Å². The van der Waals surface area contributed by atoms with Gasteiger partial charge in [-0.1, -0.05) is 12.1 Å². The van der Waals surface area contributed by atoms with Crippen molar-refractivity contribution in [1.29, 1.82) is 0 Å². The van der Waals surface area contributed by atoms with E-state index >= 15 is 0 Å². The molecule has 3 aromatic rings. The van der Waals surface area contributed by atoms with E-state index in [1.54, 1.807) is 36.5 Å². The highest BCUT2D eigenvalue weighted by molar-refractivity contribution is 6.33. The van der Waals surface area contributed by atoms with Crippen LogP contribution >= 0.6 is 0 Å². The Morgan fingerprint density at radius 2 is 2.00 bits per heavy atom. The van der Waals surface area contributed by atoms with Gasteiger partial charge in [0.15, 0.2) is 0 Å². The molecule has 7 nitrogen and oxygen atoms in total. The summed E-state index contributed by atoms with van der Waals surface area (Å²) in [7, 11) is -1.83. The van der Waals surface area contributed by atoms with Gasteiger partial charge in [-0.05, 0) is 23.8 Å². The summed E-state index contributed by atoms with van der Waals surface area (Å²) in [4.78, 5) is 18.3. The SMILES string of the molecule is O=c1[nH]cnc2c1ccn2Cc1ccc(OB(O)O)cc1. The average molecular weight is 285 g/mol. The Morgan fingerprint density at radius 3 is 2.71 bits per heavy atom. The monoisotopic (exact) mass is 285 g/mol. The summed E-state index contributed by atoms with van der Waals surface area (Å²) in [5.41, 5.74) is 1.42. The largest absolute Gasteiger partial charge is 0.707 e. The molecule has 0 aliphatic carbocycles. The second kappa shape index (κ2) is 5.43. The number of aromatic nitrogens is 3. The van der Waals surface area contributed by atoms with Gasteiger partial charge in [0.25, 0.3) is 5.56 Å². The predicted molar refractivity (Wildman–Crippen MR) is 76.7 cm³/mol. The number of fused-ring (bicyclic) bond motifs is 1. The molecule has 0 atom stereocenters. The number of rotatable bonds is 4. The molecule has 0 unspecified atom stereocenters. The quantitative estimate of drug-likeness (QED) is 0.591. The van der Waals surface area contributed by atoms with Crippen LogP contribution in [0.25, 0.3) is 11.0 Å². The van der Waals surface area contributed by atoms with E-state index in [0.29, 0.717) is 23.3 Å². The van der Waals surface area contributed by atoms with Crippen molar-refractivity contribution in [3.8, 4) is 5.75 Å². The number of hydrogen-bond acceptors (Lipinski definition) is 5. The van der Waals surface area contributed by atoms with E-state index in [0.717, 1.165) is 5.56 Å². The molecule has 0 aliphatic heterocycles. The molecule has 0 spiro atoms. The molecule has 3 rings (SSSR count). The molecule has 8 heteroatoms. The highest BCUT2D eigenvalue weighted by Crippen LogP contribution is 2.15. The first kappa shape index (κ1) is 13.4. The third-order valence-electron chi connectivity index (χ3n) is 3.08. The smallest absolute Gasteiger partial charge is 0.512 e. The van der Waals surface area contributed by atoms with Crippen LogP contribution in [0.5, 0.6) is 5.75 Å². The van der Waals surface area contributed by atoms with E-state index in [1.165, 1.54) is 6.33 Å². The van der Waals surface area contributed by atoms with Crippen molar-refractivity contribution >= 4 is 18.4 Å². The van der Waals surface area contributed by atoms with Crippen LogP contribution in [0, 0.1) is 0 Å². The highest BCUT2D eigenvalue weighted by atomic mass is 16.6. The Morgan fingerprint density at radius 1 is 1.24 bits per heavy atom. The van der Waals surface area contributed by atoms with Gasteiger partial charge in [0.1, 0.15) is 11.4 Å². The van der Waals surface area contributed by atoms with Crippen molar-refractivity contribution in [3.05, 3.63) is 58.8 Å². The lowest BCUT2D eigenvalue weighted by atomic mass is 10.2. The van der Waals surface area contributed by atoms with Crippen LogP contribution in [0.15, 0.2) is 47.7 Å². The van der Waals surface area contributed by atoms with Gasteiger partial charge >= 0.3 is 7.32 Å². The maximum atomic E-state index is 11.6. The topological polar surface area (TPSA) is 100 Å². The van der Waals surface area contributed by atoms with Gasteiger partial charge < -0.3 is 24.3 Å². The van der Waals surface area contributed by atoms with Gasteiger partial charge in [0, 0.05) is 12.7 Å². The predicted octanol–water partition coefficient (Wildman–Crippen LogP) is 0.121. The Balaban J connectivity index is 1.85. The van der Waals surface area contributed by atoms with Crippen molar-refractivity contribution in [2.75, 3.05) is 0 Å². The summed E-state index contributed by atoms with van der Waals surface area (Å²) >= 11 is 0. The van der Waals surface area contributed by atoms with Gasteiger partial charge in [0.05, 0.1) is 11.7 Å². The lowest BCUT2D eigenvalue weighted by Crippen LogP contribution is -2.20. The van der Waals surface area contributed by atoms with E-state index in [9.17, 15) is 4.79 Å². The number of nitrogens with zero attached hydrogens (tertiary/aromatic N) is 2. The van der Waals surface area contributed by atoms with Gasteiger partial charge in [-0.15, -0.1) is 0 Å². The summed E-state index contributed by atoms with van der Waals surface area (Å²) in [6.45, 7) is 0.544. The minimum atomic E-state index is -1.83. The van der Waals surface area contributed by atoms with Gasteiger partial charge in [-0.3, -0.25) is 4.79 Å². The van der Waals surface area contributed by atoms with Crippen molar-refractivity contribution < 1.29 is 14.7 Å². The fourth-order valence-corrected chi connectivity index (χ4v) is 2.13. The fraction of sp³-hybridized carbons (Fsp3) is 0.0769. The molecule has 1 aromatic carbocycles. The van der Waals surface area contributed by atoms with Crippen LogP contribution in [0.3, 0.4) is 0 Å². The second-order valence-electron chi connectivity index (χ2n) is 4.50. The number of H-pyrrole nitrogens is 1. The first-order valence-electron chi connectivity index (χ1n) is 6.28. The van der Waals surface area contributed by atoms with Gasteiger partial charge in [0.2, 0.25) is 0 Å². The molecule has 21 heavy (non-hydrogen) atoms. The summed E-state index contributed by atoms with van der Waals surface area (Å²) in [6, 6.07) is 8.61. The fourth-order valence-electron chi connectivity index (χ4n) is 2.13. The zero-order chi connectivity index (χ0) is 14.8. The zero-order valence-electron chi connectivity index (χ0n) is 10.9. The van der Waals surface area contributed by atoms with Crippen LogP contribution in [0.4, 0.5) is 0 Å². The van der Waals surface area contributed by atoms with Crippen molar-refractivity contribution in [1.82, 2.24) is 14.5 Å². The maximum absolute atomic E-state index is 11.6. The molecular formula is C13H12BN3O4. The van der Waals surface area contributed by atoms with Crippen molar-refractivity contribution in [3.63, 3.8) is 0 Å². The molecule has 0 bridgehead atoms.